The van der Waals surface area contributed by atoms with Crippen molar-refractivity contribution in [3.05, 3.63) is 34.4 Å². The van der Waals surface area contributed by atoms with Gasteiger partial charge in [-0.2, -0.15) is 0 Å². The molecule has 5 rings (SSSR count). The van der Waals surface area contributed by atoms with Crippen LogP contribution in [0.15, 0.2) is 12.1 Å². The Morgan fingerprint density at radius 1 is 0.731 bits per heavy atom. The highest BCUT2D eigenvalue weighted by Crippen LogP contribution is 2.50. The van der Waals surface area contributed by atoms with Crippen LogP contribution in [0.2, 0.25) is 0 Å². The molecule has 0 aromatic heterocycles. The largest absolute Gasteiger partial charge is 0.478 e. The van der Waals surface area contributed by atoms with Crippen LogP contribution in [0.3, 0.4) is 0 Å². The molecule has 1 aromatic carbocycles. The Morgan fingerprint density at radius 2 is 1.15 bits per heavy atom. The molecule has 2 saturated carbocycles. The molecular weight excluding hydrogens is 336 g/mol. The van der Waals surface area contributed by atoms with E-state index in [-0.39, 0.29) is 35.2 Å². The molecular formula is C20H22O6. The normalized spacial score (nSPS) is 37.4. The summed E-state index contributed by atoms with van der Waals surface area (Å²) in [6.45, 7) is 0. The van der Waals surface area contributed by atoms with Crippen LogP contribution in [0.4, 0.5) is 0 Å². The molecule has 1 aromatic rings. The van der Waals surface area contributed by atoms with Gasteiger partial charge in [-0.15, -0.1) is 0 Å². The number of epoxide rings is 2. The lowest BCUT2D eigenvalue weighted by molar-refractivity contribution is 0.0677. The maximum Gasteiger partial charge on any atom is 0.335 e. The summed E-state index contributed by atoms with van der Waals surface area (Å²) >= 11 is 0. The zero-order valence-electron chi connectivity index (χ0n) is 14.4. The Kier molecular flexibility index (Phi) is 3.62. The average Bonchev–Trinajstić information content (AvgIpc) is 3.52. The van der Waals surface area contributed by atoms with E-state index >= 15 is 0 Å². The Morgan fingerprint density at radius 3 is 1.50 bits per heavy atom. The van der Waals surface area contributed by atoms with E-state index in [0.29, 0.717) is 12.2 Å². The van der Waals surface area contributed by atoms with Gasteiger partial charge >= 0.3 is 11.9 Å². The second-order valence-corrected chi connectivity index (χ2v) is 8.04. The van der Waals surface area contributed by atoms with Gasteiger partial charge in [0.15, 0.2) is 0 Å². The van der Waals surface area contributed by atoms with E-state index in [2.05, 4.69) is 0 Å². The minimum Gasteiger partial charge on any atom is -0.478 e. The lowest BCUT2D eigenvalue weighted by atomic mass is 9.72. The number of rotatable bonds is 4. The van der Waals surface area contributed by atoms with Crippen molar-refractivity contribution in [2.24, 2.45) is 0 Å². The molecule has 138 valence electrons. The fourth-order valence-electron chi connectivity index (χ4n) is 5.22. The lowest BCUT2D eigenvalue weighted by Gasteiger charge is -2.30. The quantitative estimate of drug-likeness (QED) is 0.802. The first-order valence-corrected chi connectivity index (χ1v) is 9.47. The Balaban J connectivity index is 1.63. The highest BCUT2D eigenvalue weighted by molar-refractivity contribution is 5.95. The summed E-state index contributed by atoms with van der Waals surface area (Å²) in [7, 11) is 0. The van der Waals surface area contributed by atoms with E-state index in [1.165, 1.54) is 12.1 Å². The first-order chi connectivity index (χ1) is 12.5. The number of carboxylic acids is 2. The van der Waals surface area contributed by atoms with Gasteiger partial charge in [-0.25, -0.2) is 9.59 Å². The van der Waals surface area contributed by atoms with Crippen molar-refractivity contribution in [1.82, 2.24) is 0 Å². The van der Waals surface area contributed by atoms with Crippen LogP contribution >= 0.6 is 0 Å². The Bertz CT molecular complexity index is 722. The highest BCUT2D eigenvalue weighted by atomic mass is 16.6. The standard InChI is InChI=1S/C20H22O6/c21-19(22)11-3-4-12(20(23)24)18(10-2-6-14-16(8-10)26-14)17(11)9-1-5-13-15(7-9)25-13/h3-4,9-10,13-16H,1-2,5-8H2,(H,21,22)(H,23,24). The Labute approximate surface area is 151 Å². The van der Waals surface area contributed by atoms with E-state index in [0.717, 1.165) is 49.7 Å². The number of aromatic carboxylic acids is 2. The molecule has 2 saturated heterocycles. The average molecular weight is 358 g/mol. The van der Waals surface area contributed by atoms with E-state index in [1.54, 1.807) is 0 Å². The molecule has 2 N–H and O–H groups in total. The second-order valence-electron chi connectivity index (χ2n) is 8.04. The van der Waals surface area contributed by atoms with Crippen molar-refractivity contribution in [2.75, 3.05) is 0 Å². The molecule has 2 aliphatic heterocycles. The fourth-order valence-corrected chi connectivity index (χ4v) is 5.22. The molecule has 0 spiro atoms. The van der Waals surface area contributed by atoms with E-state index in [9.17, 15) is 19.8 Å². The SMILES string of the molecule is O=C(O)c1ccc(C(=O)O)c(C2CCC3OC3C2)c1C1CCC2OC2C1. The zero-order chi connectivity index (χ0) is 18.0. The molecule has 6 atom stereocenters. The summed E-state index contributed by atoms with van der Waals surface area (Å²) in [5.41, 5.74) is 2.01. The van der Waals surface area contributed by atoms with Crippen molar-refractivity contribution in [1.29, 1.82) is 0 Å². The second kappa shape index (κ2) is 5.79. The van der Waals surface area contributed by atoms with Crippen molar-refractivity contribution < 1.29 is 29.3 Å². The first kappa shape index (κ1) is 16.3. The van der Waals surface area contributed by atoms with Gasteiger partial charge in [0.2, 0.25) is 0 Å². The molecule has 6 heteroatoms. The zero-order valence-corrected chi connectivity index (χ0v) is 14.4. The predicted octanol–water partition coefficient (Wildman–Crippen LogP) is 3.15. The third-order valence-corrected chi connectivity index (χ3v) is 6.57. The van der Waals surface area contributed by atoms with Crippen molar-refractivity contribution in [3.63, 3.8) is 0 Å². The van der Waals surface area contributed by atoms with Crippen LogP contribution in [0, 0.1) is 0 Å². The summed E-state index contributed by atoms with van der Waals surface area (Å²) < 4.78 is 11.3. The van der Waals surface area contributed by atoms with Crippen LogP contribution in [0.1, 0.15) is 82.2 Å². The van der Waals surface area contributed by atoms with Crippen LogP contribution < -0.4 is 0 Å². The van der Waals surface area contributed by atoms with Crippen LogP contribution in [0.5, 0.6) is 0 Å². The highest BCUT2D eigenvalue weighted by Gasteiger charge is 2.48. The topological polar surface area (TPSA) is 99.7 Å². The predicted molar refractivity (Wildman–Crippen MR) is 90.9 cm³/mol. The summed E-state index contributed by atoms with van der Waals surface area (Å²) in [5, 5.41) is 19.6. The fraction of sp³-hybridized carbons (Fsp3) is 0.600. The van der Waals surface area contributed by atoms with Crippen molar-refractivity contribution in [3.8, 4) is 0 Å². The molecule has 26 heavy (non-hydrogen) atoms. The summed E-state index contributed by atoms with van der Waals surface area (Å²) in [6, 6.07) is 2.95. The number of hydrogen-bond acceptors (Lipinski definition) is 4. The molecule has 6 nitrogen and oxygen atoms in total. The third-order valence-electron chi connectivity index (χ3n) is 6.57. The third kappa shape index (κ3) is 2.63. The maximum absolute atomic E-state index is 11.9. The molecule has 4 fully saturated rings. The van der Waals surface area contributed by atoms with Gasteiger partial charge in [-0.1, -0.05) is 0 Å². The molecule has 2 heterocycles. The van der Waals surface area contributed by atoms with Crippen molar-refractivity contribution in [2.45, 2.75) is 74.8 Å². The number of hydrogen-bond donors (Lipinski definition) is 2. The molecule has 0 bridgehead atoms. The molecule has 0 amide bonds. The monoisotopic (exact) mass is 358 g/mol. The number of benzene rings is 1. The van der Waals surface area contributed by atoms with Crippen LogP contribution in [0.25, 0.3) is 0 Å². The van der Waals surface area contributed by atoms with Gasteiger partial charge in [-0.05, 0) is 73.6 Å². The summed E-state index contributed by atoms with van der Waals surface area (Å²) in [5.74, 6) is -1.85. The van der Waals surface area contributed by atoms with Gasteiger partial charge in [0, 0.05) is 0 Å². The lowest BCUT2D eigenvalue weighted by Crippen LogP contribution is -2.23. The number of carboxylic acid groups (broad SMARTS) is 2. The number of ether oxygens (including phenoxy) is 2. The van der Waals surface area contributed by atoms with Gasteiger partial charge < -0.3 is 19.7 Å². The number of fused-ring (bicyclic) bond motifs is 2. The minimum atomic E-state index is -0.978. The smallest absolute Gasteiger partial charge is 0.335 e. The number of carbonyl (C=O) groups is 2. The first-order valence-electron chi connectivity index (χ1n) is 9.47. The van der Waals surface area contributed by atoms with E-state index in [4.69, 9.17) is 9.47 Å². The van der Waals surface area contributed by atoms with E-state index < -0.39 is 11.9 Å². The van der Waals surface area contributed by atoms with Gasteiger partial charge in [0.1, 0.15) is 0 Å². The molecule has 6 unspecified atom stereocenters. The summed E-state index contributed by atoms with van der Waals surface area (Å²) in [6.07, 6.45) is 6.18. The van der Waals surface area contributed by atoms with Gasteiger partial charge in [-0.3, -0.25) is 0 Å². The minimum absolute atomic E-state index is 0.0528. The summed E-state index contributed by atoms with van der Waals surface area (Å²) in [4.78, 5) is 23.9. The molecule has 4 aliphatic rings. The van der Waals surface area contributed by atoms with Crippen LogP contribution in [-0.4, -0.2) is 46.6 Å². The molecule has 2 aliphatic carbocycles. The van der Waals surface area contributed by atoms with Gasteiger partial charge in [0.25, 0.3) is 0 Å². The van der Waals surface area contributed by atoms with E-state index in [1.807, 2.05) is 0 Å². The molecule has 0 radical (unpaired) electrons. The maximum atomic E-state index is 11.9. The Hall–Kier alpha value is -1.92. The van der Waals surface area contributed by atoms with Gasteiger partial charge in [0.05, 0.1) is 35.5 Å². The van der Waals surface area contributed by atoms with Crippen molar-refractivity contribution >= 4 is 11.9 Å². The van der Waals surface area contributed by atoms with Crippen LogP contribution in [-0.2, 0) is 9.47 Å².